The Balaban J connectivity index is 1.91. The third kappa shape index (κ3) is 3.05. The monoisotopic (exact) mass is 358 g/mol. The number of carbonyl (C=O) groups excluding carboxylic acids is 1. The Morgan fingerprint density at radius 2 is 2.12 bits per heavy atom. The lowest BCUT2D eigenvalue weighted by molar-refractivity contribution is -0.118. The summed E-state index contributed by atoms with van der Waals surface area (Å²) in [6, 6.07) is 9.29. The van der Waals surface area contributed by atoms with Gasteiger partial charge in [-0.05, 0) is 61.6 Å². The molecule has 0 radical (unpaired) electrons. The van der Waals surface area contributed by atoms with Crippen LogP contribution >= 0.6 is 23.6 Å². The van der Waals surface area contributed by atoms with E-state index in [0.717, 1.165) is 21.7 Å². The van der Waals surface area contributed by atoms with Crippen LogP contribution in [0.4, 0.5) is 5.69 Å². The fourth-order valence-electron chi connectivity index (χ4n) is 2.48. The zero-order valence-corrected chi connectivity index (χ0v) is 15.3. The fourth-order valence-corrected chi connectivity index (χ4v) is 3.49. The molecule has 0 saturated heterocycles. The molecule has 1 atom stereocenters. The summed E-state index contributed by atoms with van der Waals surface area (Å²) in [7, 11) is 0. The number of hydrogen-bond donors (Lipinski definition) is 2. The van der Waals surface area contributed by atoms with Gasteiger partial charge in [-0.15, -0.1) is 11.3 Å². The first kappa shape index (κ1) is 16.6. The van der Waals surface area contributed by atoms with Crippen molar-refractivity contribution < 1.29 is 4.79 Å². The molecule has 0 spiro atoms. The molecule has 24 heavy (non-hydrogen) atoms. The minimum absolute atomic E-state index is 0.126. The molecule has 1 amide bonds. The van der Waals surface area contributed by atoms with Crippen LogP contribution in [0, 0.1) is 18.6 Å². The summed E-state index contributed by atoms with van der Waals surface area (Å²) in [5.74, 6) is 0.553. The van der Waals surface area contributed by atoms with Crippen LogP contribution in [0.15, 0.2) is 35.7 Å². The van der Waals surface area contributed by atoms with E-state index in [9.17, 15) is 4.79 Å². The SMILES string of the molecule is Cc1cccc(NC(=O)C(C)n2c(-c3cccs3)n[nH]c2=S)c1C. The topological polar surface area (TPSA) is 62.7 Å². The van der Waals surface area contributed by atoms with Gasteiger partial charge in [-0.2, -0.15) is 5.10 Å². The van der Waals surface area contributed by atoms with Gasteiger partial charge in [-0.25, -0.2) is 0 Å². The lowest BCUT2D eigenvalue weighted by Gasteiger charge is -2.17. The lowest BCUT2D eigenvalue weighted by atomic mass is 10.1. The predicted molar refractivity (Wildman–Crippen MR) is 100.0 cm³/mol. The molecule has 2 heterocycles. The molecule has 0 aliphatic rings. The van der Waals surface area contributed by atoms with Gasteiger partial charge in [0.15, 0.2) is 10.6 Å². The Morgan fingerprint density at radius 3 is 2.83 bits per heavy atom. The number of aryl methyl sites for hydroxylation is 1. The van der Waals surface area contributed by atoms with Crippen molar-refractivity contribution in [1.82, 2.24) is 14.8 Å². The minimum atomic E-state index is -0.478. The van der Waals surface area contributed by atoms with Gasteiger partial charge in [0.25, 0.3) is 0 Å². The number of carbonyl (C=O) groups is 1. The Kier molecular flexibility index (Phi) is 4.64. The van der Waals surface area contributed by atoms with Crippen LogP contribution < -0.4 is 5.32 Å². The number of hydrogen-bond acceptors (Lipinski definition) is 4. The van der Waals surface area contributed by atoms with Gasteiger partial charge in [0, 0.05) is 5.69 Å². The average molecular weight is 358 g/mol. The molecule has 2 N–H and O–H groups in total. The van der Waals surface area contributed by atoms with Crippen molar-refractivity contribution in [3.8, 4) is 10.7 Å². The summed E-state index contributed by atoms with van der Waals surface area (Å²) < 4.78 is 2.18. The molecule has 0 bridgehead atoms. The van der Waals surface area contributed by atoms with Gasteiger partial charge in [-0.1, -0.05) is 18.2 Å². The maximum atomic E-state index is 12.7. The van der Waals surface area contributed by atoms with Crippen molar-refractivity contribution in [1.29, 1.82) is 0 Å². The number of aromatic nitrogens is 3. The zero-order valence-electron chi connectivity index (χ0n) is 13.7. The molecule has 0 fully saturated rings. The Morgan fingerprint density at radius 1 is 1.33 bits per heavy atom. The van der Waals surface area contributed by atoms with Gasteiger partial charge in [0.05, 0.1) is 4.88 Å². The highest BCUT2D eigenvalue weighted by atomic mass is 32.1. The number of amides is 1. The summed E-state index contributed by atoms with van der Waals surface area (Å²) >= 11 is 6.88. The standard InChI is InChI=1S/C17H18N4OS2/c1-10-6-4-7-13(11(10)2)18-16(22)12(3)21-15(19-20-17(21)23)14-8-5-9-24-14/h4-9,12H,1-3H3,(H,18,22)(H,20,23). The molecular weight excluding hydrogens is 340 g/mol. The molecule has 124 valence electrons. The molecule has 0 aliphatic carbocycles. The molecule has 2 aromatic heterocycles. The van der Waals surface area contributed by atoms with Crippen LogP contribution in [-0.2, 0) is 4.79 Å². The third-order valence-corrected chi connectivity index (χ3v) is 5.23. The van der Waals surface area contributed by atoms with Crippen LogP contribution in [0.25, 0.3) is 10.7 Å². The summed E-state index contributed by atoms with van der Waals surface area (Å²) in [4.78, 5) is 13.7. The summed E-state index contributed by atoms with van der Waals surface area (Å²) in [5.41, 5.74) is 3.02. The van der Waals surface area contributed by atoms with Crippen LogP contribution in [-0.4, -0.2) is 20.7 Å². The number of H-pyrrole nitrogens is 1. The Bertz CT molecular complexity index is 924. The lowest BCUT2D eigenvalue weighted by Crippen LogP contribution is -2.24. The van der Waals surface area contributed by atoms with E-state index in [1.165, 1.54) is 0 Å². The highest BCUT2D eigenvalue weighted by molar-refractivity contribution is 7.71. The first-order chi connectivity index (χ1) is 11.5. The molecule has 1 aromatic carbocycles. The minimum Gasteiger partial charge on any atom is -0.324 e. The number of benzene rings is 1. The second-order valence-electron chi connectivity index (χ2n) is 5.61. The molecular formula is C17H18N4OS2. The van der Waals surface area contributed by atoms with E-state index in [2.05, 4.69) is 15.5 Å². The number of nitrogens with zero attached hydrogens (tertiary/aromatic N) is 2. The highest BCUT2D eigenvalue weighted by Gasteiger charge is 2.21. The normalized spacial score (nSPS) is 12.1. The van der Waals surface area contributed by atoms with Gasteiger partial charge < -0.3 is 5.32 Å². The average Bonchev–Trinajstić information content (AvgIpc) is 3.20. The van der Waals surface area contributed by atoms with Crippen molar-refractivity contribution in [3.05, 3.63) is 51.6 Å². The van der Waals surface area contributed by atoms with Crippen LogP contribution in [0.1, 0.15) is 24.1 Å². The van der Waals surface area contributed by atoms with Gasteiger partial charge in [0.2, 0.25) is 5.91 Å². The maximum absolute atomic E-state index is 12.7. The van der Waals surface area contributed by atoms with Crippen molar-refractivity contribution in [2.24, 2.45) is 0 Å². The Hall–Kier alpha value is -2.25. The molecule has 3 rings (SSSR count). The quantitative estimate of drug-likeness (QED) is 0.676. The molecule has 3 aromatic rings. The summed E-state index contributed by atoms with van der Waals surface area (Å²) in [6.07, 6.45) is 0. The van der Waals surface area contributed by atoms with Crippen molar-refractivity contribution in [2.75, 3.05) is 5.32 Å². The first-order valence-corrected chi connectivity index (χ1v) is 8.85. The third-order valence-electron chi connectivity index (χ3n) is 4.08. The van der Waals surface area contributed by atoms with Crippen molar-refractivity contribution in [2.45, 2.75) is 26.8 Å². The zero-order chi connectivity index (χ0) is 17.3. The van der Waals surface area contributed by atoms with E-state index < -0.39 is 6.04 Å². The number of thiophene rings is 1. The van der Waals surface area contributed by atoms with E-state index >= 15 is 0 Å². The number of nitrogens with one attached hydrogen (secondary N) is 2. The van der Waals surface area contributed by atoms with E-state index in [0.29, 0.717) is 10.6 Å². The summed E-state index contributed by atoms with van der Waals surface area (Å²) in [6.45, 7) is 5.84. The van der Waals surface area contributed by atoms with Crippen molar-refractivity contribution in [3.63, 3.8) is 0 Å². The van der Waals surface area contributed by atoms with Crippen LogP contribution in [0.2, 0.25) is 0 Å². The van der Waals surface area contributed by atoms with Crippen molar-refractivity contribution >= 4 is 35.1 Å². The molecule has 0 aliphatic heterocycles. The van der Waals surface area contributed by atoms with E-state index in [1.54, 1.807) is 15.9 Å². The highest BCUT2D eigenvalue weighted by Crippen LogP contribution is 2.26. The van der Waals surface area contributed by atoms with Gasteiger partial charge in [0.1, 0.15) is 6.04 Å². The maximum Gasteiger partial charge on any atom is 0.247 e. The van der Waals surface area contributed by atoms with E-state index in [1.807, 2.05) is 56.5 Å². The van der Waals surface area contributed by atoms with E-state index in [4.69, 9.17) is 12.2 Å². The van der Waals surface area contributed by atoms with Gasteiger partial charge >= 0.3 is 0 Å². The summed E-state index contributed by atoms with van der Waals surface area (Å²) in [5, 5.41) is 12.0. The number of rotatable bonds is 4. The molecule has 5 nitrogen and oxygen atoms in total. The molecule has 7 heteroatoms. The van der Waals surface area contributed by atoms with Gasteiger partial charge in [-0.3, -0.25) is 14.5 Å². The fraction of sp³-hybridized carbons (Fsp3) is 0.235. The van der Waals surface area contributed by atoms with Crippen LogP contribution in [0.3, 0.4) is 0 Å². The first-order valence-electron chi connectivity index (χ1n) is 7.57. The number of aromatic amines is 1. The Labute approximate surface area is 149 Å². The second kappa shape index (κ2) is 6.70. The molecule has 1 unspecified atom stereocenters. The largest absolute Gasteiger partial charge is 0.324 e. The molecule has 0 saturated carbocycles. The predicted octanol–water partition coefficient (Wildman–Crippen LogP) is 4.49. The smallest absolute Gasteiger partial charge is 0.247 e. The second-order valence-corrected chi connectivity index (χ2v) is 6.95. The van der Waals surface area contributed by atoms with E-state index in [-0.39, 0.29) is 5.91 Å². The van der Waals surface area contributed by atoms with Crippen LogP contribution in [0.5, 0.6) is 0 Å². The number of anilines is 1.